The van der Waals surface area contributed by atoms with Gasteiger partial charge in [-0.1, -0.05) is 12.8 Å². The first-order valence-electron chi connectivity index (χ1n) is 5.13. The van der Waals surface area contributed by atoms with Crippen molar-refractivity contribution in [2.45, 2.75) is 39.5 Å². The van der Waals surface area contributed by atoms with Crippen molar-refractivity contribution < 1.29 is 4.74 Å². The second-order valence-electron chi connectivity index (χ2n) is 4.59. The fourth-order valence-electron chi connectivity index (χ4n) is 1.14. The van der Waals surface area contributed by atoms with Gasteiger partial charge >= 0.3 is 0 Å². The van der Waals surface area contributed by atoms with Gasteiger partial charge in [0.05, 0.1) is 11.5 Å². The molecule has 2 nitrogen and oxygen atoms in total. The second kappa shape index (κ2) is 4.62. The molecule has 0 bridgehead atoms. The minimum Gasteiger partial charge on any atom is -0.381 e. The smallest absolute Gasteiger partial charge is 0.0684 e. The van der Waals surface area contributed by atoms with Gasteiger partial charge < -0.3 is 4.74 Å². The molecule has 0 saturated heterocycles. The molecule has 1 saturated carbocycles. The minimum atomic E-state index is -0.223. The van der Waals surface area contributed by atoms with Crippen molar-refractivity contribution in [2.75, 3.05) is 13.2 Å². The van der Waals surface area contributed by atoms with Crippen molar-refractivity contribution in [3.8, 4) is 6.07 Å². The molecule has 1 aliphatic carbocycles. The van der Waals surface area contributed by atoms with Crippen LogP contribution in [0.1, 0.15) is 39.5 Å². The van der Waals surface area contributed by atoms with Crippen molar-refractivity contribution >= 4 is 0 Å². The minimum absolute atomic E-state index is 0.223. The van der Waals surface area contributed by atoms with Crippen molar-refractivity contribution in [1.29, 1.82) is 5.26 Å². The van der Waals surface area contributed by atoms with Gasteiger partial charge in [0, 0.05) is 13.2 Å². The average molecular weight is 181 g/mol. The summed E-state index contributed by atoms with van der Waals surface area (Å²) in [7, 11) is 0. The molecule has 0 aromatic heterocycles. The molecule has 2 heteroatoms. The molecule has 1 fully saturated rings. The summed E-state index contributed by atoms with van der Waals surface area (Å²) in [5.41, 5.74) is -0.223. The molecular formula is C11H19NO. The predicted molar refractivity (Wildman–Crippen MR) is 52.2 cm³/mol. The summed E-state index contributed by atoms with van der Waals surface area (Å²) < 4.78 is 5.47. The van der Waals surface area contributed by atoms with Gasteiger partial charge in [-0.25, -0.2) is 0 Å². The Bertz CT molecular complexity index is 189. The molecule has 74 valence electrons. The summed E-state index contributed by atoms with van der Waals surface area (Å²) in [5.74, 6) is 0.948. The molecule has 0 N–H and O–H groups in total. The number of nitrogens with zero attached hydrogens (tertiary/aromatic N) is 1. The lowest BCUT2D eigenvalue weighted by Crippen LogP contribution is -2.12. The summed E-state index contributed by atoms with van der Waals surface area (Å²) in [6.07, 6.45) is 4.85. The normalized spacial score (nSPS) is 17.0. The Kier molecular flexibility index (Phi) is 3.74. The van der Waals surface area contributed by atoms with Gasteiger partial charge in [0.2, 0.25) is 0 Å². The molecule has 0 unspecified atom stereocenters. The number of ether oxygens (including phenoxy) is 1. The second-order valence-corrected chi connectivity index (χ2v) is 4.59. The molecule has 13 heavy (non-hydrogen) atoms. The third kappa shape index (κ3) is 4.90. The monoisotopic (exact) mass is 181 g/mol. The van der Waals surface area contributed by atoms with E-state index in [0.29, 0.717) is 0 Å². The Morgan fingerprint density at radius 2 is 2.08 bits per heavy atom. The van der Waals surface area contributed by atoms with Crippen LogP contribution in [0.2, 0.25) is 0 Å². The van der Waals surface area contributed by atoms with E-state index in [1.54, 1.807) is 0 Å². The number of rotatable bonds is 6. The molecule has 0 spiro atoms. The van der Waals surface area contributed by atoms with E-state index >= 15 is 0 Å². The maximum Gasteiger partial charge on any atom is 0.0684 e. The van der Waals surface area contributed by atoms with Gasteiger partial charge in [0.15, 0.2) is 0 Å². The third-order valence-electron chi connectivity index (χ3n) is 2.54. The lowest BCUT2D eigenvalue weighted by atomic mass is 9.92. The standard InChI is InChI=1S/C11H19NO/c1-11(2,9-12)6-8-13-7-5-10-3-4-10/h10H,3-8H2,1-2H3. The molecule has 0 aliphatic heterocycles. The van der Waals surface area contributed by atoms with Gasteiger partial charge in [-0.2, -0.15) is 5.26 Å². The first kappa shape index (κ1) is 10.5. The number of hydrogen-bond donors (Lipinski definition) is 0. The van der Waals surface area contributed by atoms with Gasteiger partial charge in [-0.3, -0.25) is 0 Å². The van der Waals surface area contributed by atoms with Crippen LogP contribution in [0.15, 0.2) is 0 Å². The third-order valence-corrected chi connectivity index (χ3v) is 2.54. The maximum absolute atomic E-state index is 8.74. The fraction of sp³-hybridized carbons (Fsp3) is 0.909. The van der Waals surface area contributed by atoms with E-state index < -0.39 is 0 Å². The summed E-state index contributed by atoms with van der Waals surface area (Å²) in [6, 6.07) is 2.27. The lowest BCUT2D eigenvalue weighted by molar-refractivity contribution is 0.110. The van der Waals surface area contributed by atoms with Crippen molar-refractivity contribution in [2.24, 2.45) is 11.3 Å². The fourth-order valence-corrected chi connectivity index (χ4v) is 1.14. The Morgan fingerprint density at radius 3 is 2.62 bits per heavy atom. The molecule has 0 aromatic rings. The summed E-state index contributed by atoms with van der Waals surface area (Å²) in [6.45, 7) is 5.52. The van der Waals surface area contributed by atoms with E-state index in [1.165, 1.54) is 19.3 Å². The Morgan fingerprint density at radius 1 is 1.38 bits per heavy atom. The molecule has 0 radical (unpaired) electrons. The van der Waals surface area contributed by atoms with Gasteiger partial charge in [-0.05, 0) is 32.6 Å². The van der Waals surface area contributed by atoms with E-state index in [2.05, 4.69) is 6.07 Å². The zero-order chi connectivity index (χ0) is 9.73. The number of hydrogen-bond acceptors (Lipinski definition) is 2. The van der Waals surface area contributed by atoms with Gasteiger partial charge in [0.1, 0.15) is 0 Å². The van der Waals surface area contributed by atoms with Crippen LogP contribution >= 0.6 is 0 Å². The molecule has 0 amide bonds. The quantitative estimate of drug-likeness (QED) is 0.590. The lowest BCUT2D eigenvalue weighted by Gasteiger charge is -2.14. The Hall–Kier alpha value is -0.550. The van der Waals surface area contributed by atoms with Crippen molar-refractivity contribution in [3.63, 3.8) is 0 Å². The van der Waals surface area contributed by atoms with Crippen LogP contribution in [-0.2, 0) is 4.74 Å². The highest BCUT2D eigenvalue weighted by molar-refractivity contribution is 4.91. The summed E-state index contributed by atoms with van der Waals surface area (Å²) in [5, 5.41) is 8.74. The largest absolute Gasteiger partial charge is 0.381 e. The van der Waals surface area contributed by atoms with Crippen molar-refractivity contribution in [1.82, 2.24) is 0 Å². The van der Waals surface area contributed by atoms with E-state index in [-0.39, 0.29) is 5.41 Å². The summed E-state index contributed by atoms with van der Waals surface area (Å²) in [4.78, 5) is 0. The van der Waals surface area contributed by atoms with Crippen LogP contribution < -0.4 is 0 Å². The van der Waals surface area contributed by atoms with Crippen LogP contribution in [0.25, 0.3) is 0 Å². The maximum atomic E-state index is 8.74. The molecular weight excluding hydrogens is 162 g/mol. The number of nitriles is 1. The van der Waals surface area contributed by atoms with Crippen LogP contribution in [0.5, 0.6) is 0 Å². The van der Waals surface area contributed by atoms with Gasteiger partial charge in [-0.15, -0.1) is 0 Å². The molecule has 0 heterocycles. The van der Waals surface area contributed by atoms with Crippen molar-refractivity contribution in [3.05, 3.63) is 0 Å². The SMILES string of the molecule is CC(C)(C#N)CCOCCC1CC1. The van der Waals surface area contributed by atoms with E-state index in [0.717, 1.165) is 25.6 Å². The first-order valence-corrected chi connectivity index (χ1v) is 5.13. The van der Waals surface area contributed by atoms with E-state index in [1.807, 2.05) is 13.8 Å². The topological polar surface area (TPSA) is 33.0 Å². The highest BCUT2D eigenvalue weighted by Crippen LogP contribution is 2.32. The molecule has 0 aromatic carbocycles. The molecule has 1 rings (SSSR count). The molecule has 0 atom stereocenters. The highest BCUT2D eigenvalue weighted by Gasteiger charge is 2.20. The average Bonchev–Trinajstić information content (AvgIpc) is 2.87. The first-order chi connectivity index (χ1) is 6.14. The van der Waals surface area contributed by atoms with E-state index in [4.69, 9.17) is 10.00 Å². The van der Waals surface area contributed by atoms with Crippen LogP contribution in [0.4, 0.5) is 0 Å². The van der Waals surface area contributed by atoms with E-state index in [9.17, 15) is 0 Å². The Balaban J connectivity index is 1.91. The zero-order valence-electron chi connectivity index (χ0n) is 8.68. The zero-order valence-corrected chi connectivity index (χ0v) is 8.68. The van der Waals surface area contributed by atoms with Crippen LogP contribution in [0, 0.1) is 22.7 Å². The summed E-state index contributed by atoms with van der Waals surface area (Å²) >= 11 is 0. The van der Waals surface area contributed by atoms with Crippen LogP contribution in [-0.4, -0.2) is 13.2 Å². The molecule has 1 aliphatic rings. The van der Waals surface area contributed by atoms with Gasteiger partial charge in [0.25, 0.3) is 0 Å². The highest BCUT2D eigenvalue weighted by atomic mass is 16.5. The predicted octanol–water partition coefficient (Wildman–Crippen LogP) is 2.74. The van der Waals surface area contributed by atoms with Crippen LogP contribution in [0.3, 0.4) is 0 Å². The Labute approximate surface area is 80.9 Å².